The molecule has 0 rings (SSSR count). The van der Waals surface area contributed by atoms with Crippen molar-refractivity contribution in [3.8, 4) is 0 Å². The zero-order valence-corrected chi connectivity index (χ0v) is 35.1. The first-order valence-electron chi connectivity index (χ1n) is 22.2. The predicted octanol–water partition coefficient (Wildman–Crippen LogP) is 12.7. The minimum Gasteiger partial charge on any atom is -0.462 e. The van der Waals surface area contributed by atoms with E-state index in [2.05, 4.69) is 44.3 Å². The quantitative estimate of drug-likeness (QED) is 0.0252. The molecule has 6 heteroatoms. The van der Waals surface area contributed by atoms with E-state index in [-0.39, 0.29) is 31.3 Å². The summed E-state index contributed by atoms with van der Waals surface area (Å²) >= 11 is 0. The number of carbonyl (C=O) groups is 2. The van der Waals surface area contributed by atoms with Gasteiger partial charge in [-0.3, -0.25) is 9.59 Å². The van der Waals surface area contributed by atoms with Crippen molar-refractivity contribution in [3.63, 3.8) is 0 Å². The van der Waals surface area contributed by atoms with Gasteiger partial charge in [-0.15, -0.1) is 0 Å². The summed E-state index contributed by atoms with van der Waals surface area (Å²) in [7, 11) is 0. The summed E-state index contributed by atoms with van der Waals surface area (Å²) < 4.78 is 5.83. The minimum absolute atomic E-state index is 0.0250. The second-order valence-electron chi connectivity index (χ2n) is 14.8. The Kier molecular flexibility index (Phi) is 39.4. The van der Waals surface area contributed by atoms with Crippen LogP contribution < -0.4 is 5.32 Å². The number of rotatable bonds is 38. The molecule has 0 aliphatic rings. The smallest absolute Gasteiger partial charge is 0.306 e. The largest absolute Gasteiger partial charge is 0.462 e. The van der Waals surface area contributed by atoms with Crippen LogP contribution in [-0.4, -0.2) is 46.9 Å². The van der Waals surface area contributed by atoms with Gasteiger partial charge in [0, 0.05) is 6.42 Å². The first-order chi connectivity index (χ1) is 26.5. The van der Waals surface area contributed by atoms with E-state index in [9.17, 15) is 19.8 Å². The molecule has 3 atom stereocenters. The van der Waals surface area contributed by atoms with E-state index in [1.54, 1.807) is 0 Å². The van der Waals surface area contributed by atoms with Gasteiger partial charge in [0.2, 0.25) is 5.91 Å². The van der Waals surface area contributed by atoms with Gasteiger partial charge in [-0.1, -0.05) is 196 Å². The Balaban J connectivity index is 4.76. The Hall–Kier alpha value is -2.70. The van der Waals surface area contributed by atoms with Crippen molar-refractivity contribution in [2.45, 2.75) is 212 Å². The van der Waals surface area contributed by atoms with Crippen LogP contribution in [-0.2, 0) is 14.3 Å². The van der Waals surface area contributed by atoms with Gasteiger partial charge in [-0.05, 0) is 57.8 Å². The van der Waals surface area contributed by atoms with E-state index in [4.69, 9.17) is 4.74 Å². The summed E-state index contributed by atoms with van der Waals surface area (Å²) in [6, 6.07) is -0.724. The van der Waals surface area contributed by atoms with Crippen molar-refractivity contribution in [1.29, 1.82) is 0 Å². The zero-order valence-electron chi connectivity index (χ0n) is 35.1. The maximum Gasteiger partial charge on any atom is 0.306 e. The number of carbonyl (C=O) groups excluding carboxylic acids is 2. The van der Waals surface area contributed by atoms with E-state index < -0.39 is 18.2 Å². The lowest BCUT2D eigenvalue weighted by atomic mass is 10.0. The fourth-order valence-electron chi connectivity index (χ4n) is 6.28. The Morgan fingerprint density at radius 1 is 0.556 bits per heavy atom. The van der Waals surface area contributed by atoms with E-state index in [1.807, 2.05) is 54.7 Å². The molecule has 3 unspecified atom stereocenters. The number of hydrogen-bond acceptors (Lipinski definition) is 5. The van der Waals surface area contributed by atoms with E-state index in [1.165, 1.54) is 89.9 Å². The SMILES string of the molecule is CC/C=C/C=C/C=C\C=C/C=C/CCCC(=O)OC(CCC/C=C\CCCCCCCC)CC(=O)NC(CO)C(O)CCCCCCCCCCCCC. The molecule has 310 valence electrons. The number of aliphatic hydroxyl groups is 2. The van der Waals surface area contributed by atoms with Crippen LogP contribution >= 0.6 is 0 Å². The van der Waals surface area contributed by atoms with Crippen LogP contribution in [0.3, 0.4) is 0 Å². The molecule has 0 aromatic carbocycles. The van der Waals surface area contributed by atoms with Gasteiger partial charge in [-0.25, -0.2) is 0 Å². The fourth-order valence-corrected chi connectivity index (χ4v) is 6.28. The lowest BCUT2D eigenvalue weighted by molar-refractivity contribution is -0.151. The Morgan fingerprint density at radius 2 is 1.04 bits per heavy atom. The van der Waals surface area contributed by atoms with Crippen LogP contribution in [0.4, 0.5) is 0 Å². The third-order valence-electron chi connectivity index (χ3n) is 9.65. The van der Waals surface area contributed by atoms with Crippen LogP contribution in [0.25, 0.3) is 0 Å². The minimum atomic E-state index is -0.806. The zero-order chi connectivity index (χ0) is 39.6. The van der Waals surface area contributed by atoms with Gasteiger partial charge in [0.25, 0.3) is 0 Å². The molecule has 1 amide bonds. The highest BCUT2D eigenvalue weighted by atomic mass is 16.5. The average Bonchev–Trinajstić information content (AvgIpc) is 3.16. The average molecular weight is 754 g/mol. The summed E-state index contributed by atoms with van der Waals surface area (Å²) in [6.07, 6.45) is 51.1. The third-order valence-corrected chi connectivity index (χ3v) is 9.65. The summed E-state index contributed by atoms with van der Waals surface area (Å²) in [4.78, 5) is 25.9. The molecule has 0 bridgehead atoms. The van der Waals surface area contributed by atoms with Gasteiger partial charge >= 0.3 is 5.97 Å². The first kappa shape index (κ1) is 51.3. The normalized spacial score (nSPS) is 14.1. The number of nitrogens with one attached hydrogen (secondary N) is 1. The number of aliphatic hydroxyl groups excluding tert-OH is 2. The second kappa shape index (κ2) is 41.5. The molecule has 0 aromatic heterocycles. The molecule has 3 N–H and O–H groups in total. The van der Waals surface area contributed by atoms with Crippen LogP contribution in [0.2, 0.25) is 0 Å². The number of esters is 1. The molecule has 0 saturated heterocycles. The number of unbranched alkanes of at least 4 members (excludes halogenated alkanes) is 18. The van der Waals surface area contributed by atoms with Crippen molar-refractivity contribution in [1.82, 2.24) is 5.32 Å². The number of ether oxygens (including phenoxy) is 1. The molecular weight excluding hydrogens is 671 g/mol. The monoisotopic (exact) mass is 754 g/mol. The highest BCUT2D eigenvalue weighted by Gasteiger charge is 2.23. The molecule has 0 fully saturated rings. The fraction of sp³-hybridized carbons (Fsp3) is 0.708. The molecule has 0 spiro atoms. The van der Waals surface area contributed by atoms with Crippen molar-refractivity contribution >= 4 is 11.9 Å². The number of amides is 1. The molecule has 0 saturated carbocycles. The van der Waals surface area contributed by atoms with Crippen molar-refractivity contribution < 1.29 is 24.5 Å². The third kappa shape index (κ3) is 36.3. The number of hydrogen-bond donors (Lipinski definition) is 3. The summed E-state index contributed by atoms with van der Waals surface area (Å²) in [5, 5.41) is 23.6. The maximum atomic E-state index is 13.1. The number of allylic oxidation sites excluding steroid dienone is 12. The maximum absolute atomic E-state index is 13.1. The molecule has 0 aliphatic carbocycles. The van der Waals surface area contributed by atoms with E-state index >= 15 is 0 Å². The van der Waals surface area contributed by atoms with Gasteiger partial charge in [0.05, 0.1) is 25.2 Å². The molecule has 0 radical (unpaired) electrons. The molecule has 0 heterocycles. The van der Waals surface area contributed by atoms with Gasteiger partial charge in [0.15, 0.2) is 0 Å². The van der Waals surface area contributed by atoms with Crippen LogP contribution in [0, 0.1) is 0 Å². The van der Waals surface area contributed by atoms with Crippen LogP contribution in [0.1, 0.15) is 194 Å². The second-order valence-corrected chi connectivity index (χ2v) is 14.8. The lowest BCUT2D eigenvalue weighted by Crippen LogP contribution is -2.46. The van der Waals surface area contributed by atoms with Gasteiger partial charge < -0.3 is 20.3 Å². The van der Waals surface area contributed by atoms with Crippen molar-refractivity contribution in [2.75, 3.05) is 6.61 Å². The van der Waals surface area contributed by atoms with Crippen molar-refractivity contribution in [3.05, 3.63) is 72.9 Å². The highest BCUT2D eigenvalue weighted by Crippen LogP contribution is 2.16. The van der Waals surface area contributed by atoms with Crippen molar-refractivity contribution in [2.24, 2.45) is 0 Å². The lowest BCUT2D eigenvalue weighted by Gasteiger charge is -2.24. The molecule has 0 aromatic rings. The summed E-state index contributed by atoms with van der Waals surface area (Å²) in [6.45, 7) is 6.27. The molecule has 6 nitrogen and oxygen atoms in total. The van der Waals surface area contributed by atoms with E-state index in [0.29, 0.717) is 19.3 Å². The molecule has 0 aliphatic heterocycles. The standard InChI is InChI=1S/C48H83NO5/c1-4-7-10-13-16-19-22-23-26-29-32-35-38-41-48(53)54-44(39-36-33-30-27-24-20-17-14-11-8-5-2)42-47(52)49-45(43-50)46(51)40-37-34-31-28-25-21-18-15-12-9-6-3/h7,10,13,16,19,22-23,26-27,29-30,32,44-46,50-51H,4-6,8-9,11-12,14-15,17-18,20-21,24-25,28,31,33-43H2,1-3H3,(H,49,52)/b10-7+,16-13+,22-19-,26-23-,30-27-,32-29+. The topological polar surface area (TPSA) is 95.9 Å². The van der Waals surface area contributed by atoms with Gasteiger partial charge in [-0.2, -0.15) is 0 Å². The van der Waals surface area contributed by atoms with Crippen LogP contribution in [0.5, 0.6) is 0 Å². The molecular formula is C48H83NO5. The Morgan fingerprint density at radius 3 is 1.59 bits per heavy atom. The van der Waals surface area contributed by atoms with E-state index in [0.717, 1.165) is 51.4 Å². The first-order valence-corrected chi connectivity index (χ1v) is 22.2. The summed E-state index contributed by atoms with van der Waals surface area (Å²) in [5.74, 6) is -0.599. The van der Waals surface area contributed by atoms with Crippen LogP contribution in [0.15, 0.2) is 72.9 Å². The Labute approximate surface area is 332 Å². The Bertz CT molecular complexity index is 1030. The van der Waals surface area contributed by atoms with Gasteiger partial charge in [0.1, 0.15) is 6.10 Å². The molecule has 54 heavy (non-hydrogen) atoms. The summed E-state index contributed by atoms with van der Waals surface area (Å²) in [5.41, 5.74) is 0. The highest BCUT2D eigenvalue weighted by molar-refractivity contribution is 5.77. The predicted molar refractivity (Wildman–Crippen MR) is 231 cm³/mol.